The van der Waals surface area contributed by atoms with Crippen molar-refractivity contribution in [3.63, 3.8) is 0 Å². The summed E-state index contributed by atoms with van der Waals surface area (Å²) in [5.41, 5.74) is 0.656. The summed E-state index contributed by atoms with van der Waals surface area (Å²) in [7, 11) is 0. The van der Waals surface area contributed by atoms with E-state index in [2.05, 4.69) is 15.9 Å². The highest BCUT2D eigenvalue weighted by Crippen LogP contribution is 2.20. The molecule has 0 amide bonds. The van der Waals surface area contributed by atoms with Crippen LogP contribution in [0.25, 0.3) is 0 Å². The van der Waals surface area contributed by atoms with Gasteiger partial charge in [0.2, 0.25) is 0 Å². The molecule has 17 heavy (non-hydrogen) atoms. The molecule has 0 heterocycles. The second-order valence-electron chi connectivity index (χ2n) is 4.73. The van der Waals surface area contributed by atoms with E-state index in [-0.39, 0.29) is 11.4 Å². The first-order valence-corrected chi connectivity index (χ1v) is 6.34. The summed E-state index contributed by atoms with van der Waals surface area (Å²) >= 11 is 3.19. The Labute approximate surface area is 110 Å². The van der Waals surface area contributed by atoms with Gasteiger partial charge in [-0.05, 0) is 48.3 Å². The van der Waals surface area contributed by atoms with E-state index < -0.39 is 0 Å². The van der Waals surface area contributed by atoms with Crippen LogP contribution in [0.2, 0.25) is 0 Å². The summed E-state index contributed by atoms with van der Waals surface area (Å²) in [5, 5.41) is 0. The first kappa shape index (κ1) is 14.6. The highest BCUT2D eigenvalue weighted by Gasteiger charge is 2.09. The summed E-state index contributed by atoms with van der Waals surface area (Å²) in [6.45, 7) is 7.41. The van der Waals surface area contributed by atoms with Gasteiger partial charge < -0.3 is 9.47 Å². The van der Waals surface area contributed by atoms with Crippen LogP contribution in [-0.4, -0.2) is 18.8 Å². The van der Waals surface area contributed by atoms with E-state index in [0.717, 1.165) is 5.56 Å². The number of hydrogen-bond donors (Lipinski definition) is 0. The lowest BCUT2D eigenvalue weighted by atomic mass is 10.2. The normalized spacial score (nSPS) is 11.8. The smallest absolute Gasteiger partial charge is 0.137 e. The van der Waals surface area contributed by atoms with Crippen LogP contribution in [0.1, 0.15) is 26.3 Å². The molecule has 0 aromatic heterocycles. The van der Waals surface area contributed by atoms with Crippen molar-refractivity contribution in [3.8, 4) is 0 Å². The Hall–Kier alpha value is -0.450. The largest absolute Gasteiger partial charge is 0.374 e. The lowest BCUT2D eigenvalue weighted by molar-refractivity contribution is -0.0377. The average Bonchev–Trinajstić information content (AvgIpc) is 2.22. The van der Waals surface area contributed by atoms with Crippen molar-refractivity contribution in [2.45, 2.75) is 33.0 Å². The fourth-order valence-corrected chi connectivity index (χ4v) is 1.63. The fourth-order valence-electron chi connectivity index (χ4n) is 1.25. The van der Waals surface area contributed by atoms with E-state index >= 15 is 0 Å². The van der Waals surface area contributed by atoms with E-state index in [9.17, 15) is 4.39 Å². The molecular weight excluding hydrogens is 287 g/mol. The minimum absolute atomic E-state index is 0.150. The van der Waals surface area contributed by atoms with Gasteiger partial charge in [-0.3, -0.25) is 0 Å². The Kier molecular flexibility index (Phi) is 5.56. The third kappa shape index (κ3) is 5.61. The van der Waals surface area contributed by atoms with E-state index in [0.29, 0.717) is 24.3 Å². The summed E-state index contributed by atoms with van der Waals surface area (Å²) in [4.78, 5) is 0. The van der Waals surface area contributed by atoms with Crippen molar-refractivity contribution in [1.29, 1.82) is 0 Å². The van der Waals surface area contributed by atoms with E-state index in [1.54, 1.807) is 6.07 Å². The molecule has 0 atom stereocenters. The van der Waals surface area contributed by atoms with Gasteiger partial charge in [0.05, 0.1) is 29.9 Å². The lowest BCUT2D eigenvalue weighted by Gasteiger charge is -2.19. The molecule has 0 unspecified atom stereocenters. The zero-order valence-electron chi connectivity index (χ0n) is 10.4. The highest BCUT2D eigenvalue weighted by molar-refractivity contribution is 9.10. The van der Waals surface area contributed by atoms with Gasteiger partial charge in [0.15, 0.2) is 0 Å². The third-order valence-electron chi connectivity index (χ3n) is 2.05. The van der Waals surface area contributed by atoms with Crippen molar-refractivity contribution in [1.82, 2.24) is 0 Å². The maximum absolute atomic E-state index is 13.2. The van der Waals surface area contributed by atoms with Crippen LogP contribution in [-0.2, 0) is 16.1 Å². The van der Waals surface area contributed by atoms with Gasteiger partial charge in [0.1, 0.15) is 5.82 Å². The monoisotopic (exact) mass is 304 g/mol. The molecule has 96 valence electrons. The van der Waals surface area contributed by atoms with Gasteiger partial charge in [0, 0.05) is 0 Å². The first-order chi connectivity index (χ1) is 7.90. The van der Waals surface area contributed by atoms with Gasteiger partial charge in [0.25, 0.3) is 0 Å². The second kappa shape index (κ2) is 6.47. The predicted octanol–water partition coefficient (Wildman–Crippen LogP) is 3.92. The van der Waals surface area contributed by atoms with Crippen molar-refractivity contribution in [2.24, 2.45) is 0 Å². The minimum atomic E-state index is -0.267. The quantitative estimate of drug-likeness (QED) is 0.768. The third-order valence-corrected chi connectivity index (χ3v) is 2.94. The molecule has 0 spiro atoms. The Balaban J connectivity index is 2.29. The zero-order valence-corrected chi connectivity index (χ0v) is 12.0. The molecule has 0 radical (unpaired) electrons. The van der Waals surface area contributed by atoms with E-state index in [1.165, 1.54) is 6.07 Å². The van der Waals surface area contributed by atoms with Gasteiger partial charge in [-0.15, -0.1) is 0 Å². The first-order valence-electron chi connectivity index (χ1n) is 5.55. The molecule has 0 fully saturated rings. The van der Waals surface area contributed by atoms with Gasteiger partial charge >= 0.3 is 0 Å². The number of halogens is 2. The molecule has 1 aromatic carbocycles. The van der Waals surface area contributed by atoms with Gasteiger partial charge in [-0.25, -0.2) is 4.39 Å². The fraction of sp³-hybridized carbons (Fsp3) is 0.538. The number of ether oxygens (including phenoxy) is 2. The second-order valence-corrected chi connectivity index (χ2v) is 5.52. The van der Waals surface area contributed by atoms with Crippen LogP contribution in [0.5, 0.6) is 0 Å². The van der Waals surface area contributed by atoms with Crippen LogP contribution in [0, 0.1) is 5.82 Å². The van der Waals surface area contributed by atoms with Crippen molar-refractivity contribution in [3.05, 3.63) is 34.1 Å². The maximum atomic E-state index is 13.2. The molecule has 2 nitrogen and oxygen atoms in total. The summed E-state index contributed by atoms with van der Waals surface area (Å²) in [6, 6.07) is 4.92. The average molecular weight is 305 g/mol. The molecule has 1 rings (SSSR count). The molecule has 0 N–H and O–H groups in total. The molecular formula is C13H18BrFO2. The SMILES string of the molecule is CC(C)(C)OCCOCc1cccc(F)c1Br. The summed E-state index contributed by atoms with van der Waals surface area (Å²) in [6.07, 6.45) is 0. The van der Waals surface area contributed by atoms with E-state index in [1.807, 2.05) is 26.8 Å². The summed E-state index contributed by atoms with van der Waals surface area (Å²) in [5.74, 6) is -0.267. The molecule has 0 bridgehead atoms. The topological polar surface area (TPSA) is 18.5 Å². The molecule has 4 heteroatoms. The van der Waals surface area contributed by atoms with Crippen LogP contribution in [0.4, 0.5) is 4.39 Å². The summed E-state index contributed by atoms with van der Waals surface area (Å²) < 4.78 is 24.6. The van der Waals surface area contributed by atoms with Gasteiger partial charge in [-0.1, -0.05) is 12.1 Å². The maximum Gasteiger partial charge on any atom is 0.137 e. The van der Waals surface area contributed by atoms with Crippen molar-refractivity contribution < 1.29 is 13.9 Å². The molecule has 0 aliphatic carbocycles. The van der Waals surface area contributed by atoms with Crippen LogP contribution in [0.3, 0.4) is 0 Å². The van der Waals surface area contributed by atoms with Crippen molar-refractivity contribution in [2.75, 3.05) is 13.2 Å². The molecule has 0 aliphatic heterocycles. The molecule has 0 aliphatic rings. The zero-order chi connectivity index (χ0) is 12.9. The standard InChI is InChI=1S/C13H18BrFO2/c1-13(2,3)17-8-7-16-9-10-5-4-6-11(15)12(10)14/h4-6H,7-9H2,1-3H3. The molecule has 1 aromatic rings. The lowest BCUT2D eigenvalue weighted by Crippen LogP contribution is -2.21. The minimum Gasteiger partial charge on any atom is -0.374 e. The number of benzene rings is 1. The number of rotatable bonds is 5. The van der Waals surface area contributed by atoms with Crippen LogP contribution < -0.4 is 0 Å². The van der Waals surface area contributed by atoms with Crippen LogP contribution in [0.15, 0.2) is 22.7 Å². The van der Waals surface area contributed by atoms with Crippen molar-refractivity contribution >= 4 is 15.9 Å². The Morgan fingerprint density at radius 1 is 1.24 bits per heavy atom. The molecule has 0 saturated carbocycles. The predicted molar refractivity (Wildman–Crippen MR) is 69.5 cm³/mol. The van der Waals surface area contributed by atoms with E-state index in [4.69, 9.17) is 9.47 Å². The van der Waals surface area contributed by atoms with Crippen LogP contribution >= 0.6 is 15.9 Å². The highest BCUT2D eigenvalue weighted by atomic mass is 79.9. The number of hydrogen-bond acceptors (Lipinski definition) is 2. The molecule has 0 saturated heterocycles. The van der Waals surface area contributed by atoms with Gasteiger partial charge in [-0.2, -0.15) is 0 Å². The Bertz CT molecular complexity index is 361. The Morgan fingerprint density at radius 2 is 1.94 bits per heavy atom. The Morgan fingerprint density at radius 3 is 2.59 bits per heavy atom.